The number of carbonyl (C=O) groups excluding carboxylic acids is 1. The van der Waals surface area contributed by atoms with Crippen molar-refractivity contribution in [2.75, 3.05) is 26.2 Å². The molecule has 4 heteroatoms. The van der Waals surface area contributed by atoms with Crippen LogP contribution in [0.5, 0.6) is 0 Å². The third-order valence-corrected chi connectivity index (χ3v) is 4.68. The van der Waals surface area contributed by atoms with Crippen LogP contribution < -0.4 is 11.1 Å². The Bertz CT molecular complexity index is 287. The van der Waals surface area contributed by atoms with Crippen molar-refractivity contribution in [1.29, 1.82) is 0 Å². The van der Waals surface area contributed by atoms with Crippen molar-refractivity contribution in [3.63, 3.8) is 0 Å². The molecule has 1 unspecified atom stereocenters. The van der Waals surface area contributed by atoms with Gasteiger partial charge in [-0.05, 0) is 63.5 Å². The van der Waals surface area contributed by atoms with Gasteiger partial charge in [-0.3, -0.25) is 9.69 Å². The summed E-state index contributed by atoms with van der Waals surface area (Å²) in [5, 5.41) is 3.21. The molecule has 110 valence electrons. The Morgan fingerprint density at radius 1 is 1.26 bits per heavy atom. The third kappa shape index (κ3) is 4.77. The van der Waals surface area contributed by atoms with Crippen LogP contribution in [0.1, 0.15) is 45.4 Å². The van der Waals surface area contributed by atoms with Crippen molar-refractivity contribution in [1.82, 2.24) is 10.2 Å². The molecule has 0 aromatic carbocycles. The number of likely N-dealkylation sites (tertiary alicyclic amines) is 1. The topological polar surface area (TPSA) is 58.4 Å². The van der Waals surface area contributed by atoms with Gasteiger partial charge in [-0.15, -0.1) is 0 Å². The molecule has 1 saturated heterocycles. The summed E-state index contributed by atoms with van der Waals surface area (Å²) in [7, 11) is 0. The highest BCUT2D eigenvalue weighted by atomic mass is 16.2. The first-order chi connectivity index (χ1) is 9.17. The molecule has 0 aromatic rings. The normalized spacial score (nSPS) is 33.1. The SMILES string of the molecule is CC1CCC(NC(=O)CN2CCCC(CN)C2)CC1. The Morgan fingerprint density at radius 3 is 2.68 bits per heavy atom. The van der Waals surface area contributed by atoms with Crippen molar-refractivity contribution >= 4 is 5.91 Å². The molecule has 2 rings (SSSR count). The van der Waals surface area contributed by atoms with Gasteiger partial charge < -0.3 is 11.1 Å². The predicted molar refractivity (Wildman–Crippen MR) is 77.8 cm³/mol. The molecule has 1 heterocycles. The minimum Gasteiger partial charge on any atom is -0.352 e. The van der Waals surface area contributed by atoms with E-state index < -0.39 is 0 Å². The van der Waals surface area contributed by atoms with Gasteiger partial charge in [0.05, 0.1) is 6.54 Å². The predicted octanol–water partition coefficient (Wildman–Crippen LogP) is 1.35. The monoisotopic (exact) mass is 267 g/mol. The maximum absolute atomic E-state index is 12.1. The number of hydrogen-bond acceptors (Lipinski definition) is 3. The van der Waals surface area contributed by atoms with E-state index in [-0.39, 0.29) is 5.91 Å². The fraction of sp³-hybridized carbons (Fsp3) is 0.933. The molecule has 4 nitrogen and oxygen atoms in total. The number of hydrogen-bond donors (Lipinski definition) is 2. The number of amides is 1. The Morgan fingerprint density at radius 2 is 2.00 bits per heavy atom. The highest BCUT2D eigenvalue weighted by molar-refractivity contribution is 5.78. The van der Waals surface area contributed by atoms with Crippen LogP contribution in [-0.4, -0.2) is 43.0 Å². The molecular formula is C15H29N3O. The van der Waals surface area contributed by atoms with E-state index in [1.54, 1.807) is 0 Å². The number of nitrogens with one attached hydrogen (secondary N) is 1. The first-order valence-electron chi connectivity index (χ1n) is 7.89. The standard InChI is InChI=1S/C15H29N3O/c1-12-4-6-14(7-5-12)17-15(19)11-18-8-2-3-13(9-16)10-18/h12-14H,2-11,16H2,1H3,(H,17,19). The van der Waals surface area contributed by atoms with Crippen molar-refractivity contribution in [2.45, 2.75) is 51.5 Å². The molecule has 0 spiro atoms. The lowest BCUT2D eigenvalue weighted by Gasteiger charge is -2.32. The van der Waals surface area contributed by atoms with Crippen LogP contribution in [0.25, 0.3) is 0 Å². The Balaban J connectivity index is 1.69. The van der Waals surface area contributed by atoms with Crippen LogP contribution in [0.2, 0.25) is 0 Å². The zero-order valence-electron chi connectivity index (χ0n) is 12.2. The lowest BCUT2D eigenvalue weighted by atomic mass is 9.87. The molecule has 0 aromatic heterocycles. The van der Waals surface area contributed by atoms with Gasteiger partial charge >= 0.3 is 0 Å². The second-order valence-corrected chi connectivity index (χ2v) is 6.50. The summed E-state index contributed by atoms with van der Waals surface area (Å²) in [6, 6.07) is 0.416. The van der Waals surface area contributed by atoms with Crippen LogP contribution in [0.4, 0.5) is 0 Å². The van der Waals surface area contributed by atoms with Gasteiger partial charge in [0.2, 0.25) is 5.91 Å². The zero-order chi connectivity index (χ0) is 13.7. The summed E-state index contributed by atoms with van der Waals surface area (Å²) in [5.41, 5.74) is 5.73. The number of carbonyl (C=O) groups is 1. The maximum Gasteiger partial charge on any atom is 0.234 e. The lowest BCUT2D eigenvalue weighted by Crippen LogP contribution is -2.46. The molecule has 1 saturated carbocycles. The summed E-state index contributed by atoms with van der Waals surface area (Å²) in [5.74, 6) is 1.62. The molecule has 1 atom stereocenters. The van der Waals surface area contributed by atoms with Crippen LogP contribution in [0.15, 0.2) is 0 Å². The summed E-state index contributed by atoms with van der Waals surface area (Å²) in [4.78, 5) is 14.3. The zero-order valence-corrected chi connectivity index (χ0v) is 12.2. The smallest absolute Gasteiger partial charge is 0.234 e. The fourth-order valence-corrected chi connectivity index (χ4v) is 3.37. The van der Waals surface area contributed by atoms with Crippen molar-refractivity contribution in [2.24, 2.45) is 17.6 Å². The molecule has 19 heavy (non-hydrogen) atoms. The number of nitrogens with two attached hydrogens (primary N) is 1. The molecule has 1 aliphatic heterocycles. The molecule has 0 radical (unpaired) electrons. The van der Waals surface area contributed by atoms with Gasteiger partial charge in [0.15, 0.2) is 0 Å². The Kier molecular flexibility index (Phi) is 5.64. The average molecular weight is 267 g/mol. The molecule has 1 aliphatic carbocycles. The largest absolute Gasteiger partial charge is 0.352 e. The minimum absolute atomic E-state index is 0.206. The second kappa shape index (κ2) is 7.25. The van der Waals surface area contributed by atoms with Gasteiger partial charge in [-0.25, -0.2) is 0 Å². The third-order valence-electron chi connectivity index (χ3n) is 4.68. The van der Waals surface area contributed by atoms with Gasteiger partial charge in [0.25, 0.3) is 0 Å². The van der Waals surface area contributed by atoms with Gasteiger partial charge in [-0.1, -0.05) is 6.92 Å². The lowest BCUT2D eigenvalue weighted by molar-refractivity contribution is -0.123. The van der Waals surface area contributed by atoms with Crippen molar-refractivity contribution < 1.29 is 4.79 Å². The molecule has 2 fully saturated rings. The van der Waals surface area contributed by atoms with E-state index in [0.717, 1.165) is 38.4 Å². The maximum atomic E-state index is 12.1. The van der Waals surface area contributed by atoms with Crippen LogP contribution >= 0.6 is 0 Å². The number of piperidine rings is 1. The van der Waals surface area contributed by atoms with Crippen molar-refractivity contribution in [3.8, 4) is 0 Å². The van der Waals surface area contributed by atoms with E-state index in [0.29, 0.717) is 18.5 Å². The summed E-state index contributed by atoms with van der Waals surface area (Å²) in [6.07, 6.45) is 7.20. The minimum atomic E-state index is 0.206. The molecule has 3 N–H and O–H groups in total. The van der Waals surface area contributed by atoms with E-state index in [2.05, 4.69) is 17.1 Å². The van der Waals surface area contributed by atoms with Crippen LogP contribution in [-0.2, 0) is 4.79 Å². The molecular weight excluding hydrogens is 238 g/mol. The van der Waals surface area contributed by atoms with E-state index in [9.17, 15) is 4.79 Å². The summed E-state index contributed by atoms with van der Waals surface area (Å²) >= 11 is 0. The highest BCUT2D eigenvalue weighted by Crippen LogP contribution is 2.23. The number of nitrogens with zero attached hydrogens (tertiary/aromatic N) is 1. The molecule has 0 bridgehead atoms. The Labute approximate surface area is 117 Å². The fourth-order valence-electron chi connectivity index (χ4n) is 3.37. The van der Waals surface area contributed by atoms with Gasteiger partial charge in [0, 0.05) is 12.6 Å². The first kappa shape index (κ1) is 14.8. The van der Waals surface area contributed by atoms with Gasteiger partial charge in [-0.2, -0.15) is 0 Å². The van der Waals surface area contributed by atoms with Crippen LogP contribution in [0, 0.1) is 11.8 Å². The van der Waals surface area contributed by atoms with E-state index >= 15 is 0 Å². The highest BCUT2D eigenvalue weighted by Gasteiger charge is 2.23. The van der Waals surface area contributed by atoms with Crippen LogP contribution in [0.3, 0.4) is 0 Å². The van der Waals surface area contributed by atoms with E-state index in [4.69, 9.17) is 5.73 Å². The first-order valence-corrected chi connectivity index (χ1v) is 7.89. The summed E-state index contributed by atoms with van der Waals surface area (Å²) in [6.45, 7) is 5.65. The quantitative estimate of drug-likeness (QED) is 0.808. The average Bonchev–Trinajstić information content (AvgIpc) is 2.41. The van der Waals surface area contributed by atoms with Gasteiger partial charge in [0.1, 0.15) is 0 Å². The summed E-state index contributed by atoms with van der Waals surface area (Å²) < 4.78 is 0. The second-order valence-electron chi connectivity index (χ2n) is 6.50. The van der Waals surface area contributed by atoms with Crippen molar-refractivity contribution in [3.05, 3.63) is 0 Å². The van der Waals surface area contributed by atoms with E-state index in [1.807, 2.05) is 0 Å². The Hall–Kier alpha value is -0.610. The molecule has 2 aliphatic rings. The molecule has 1 amide bonds. The van der Waals surface area contributed by atoms with E-state index in [1.165, 1.54) is 25.7 Å². The number of rotatable bonds is 4.